The average Bonchev–Trinajstić information content (AvgIpc) is 2.80. The van der Waals surface area contributed by atoms with Crippen LogP contribution in [-0.2, 0) is 9.53 Å². The van der Waals surface area contributed by atoms with Gasteiger partial charge in [0.25, 0.3) is 5.91 Å². The summed E-state index contributed by atoms with van der Waals surface area (Å²) in [5.74, 6) is 1.20. The molecule has 2 aliphatic heterocycles. The van der Waals surface area contributed by atoms with Crippen molar-refractivity contribution in [3.63, 3.8) is 0 Å². The molecule has 17 heavy (non-hydrogen) atoms. The summed E-state index contributed by atoms with van der Waals surface area (Å²) in [6.45, 7) is 5.69. The lowest BCUT2D eigenvalue weighted by molar-refractivity contribution is -0.144. The molecule has 4 nitrogen and oxygen atoms in total. The van der Waals surface area contributed by atoms with E-state index in [0.29, 0.717) is 17.8 Å². The zero-order valence-electron chi connectivity index (χ0n) is 10.6. The van der Waals surface area contributed by atoms with Crippen molar-refractivity contribution >= 4 is 17.7 Å². The van der Waals surface area contributed by atoms with Crippen molar-refractivity contribution in [1.29, 1.82) is 0 Å². The van der Waals surface area contributed by atoms with Crippen molar-refractivity contribution in [2.75, 3.05) is 18.8 Å². The van der Waals surface area contributed by atoms with Crippen LogP contribution in [0.4, 0.5) is 0 Å². The van der Waals surface area contributed by atoms with E-state index in [4.69, 9.17) is 10.5 Å². The van der Waals surface area contributed by atoms with Crippen LogP contribution in [0, 0.1) is 0 Å². The average molecular weight is 258 g/mol. The Morgan fingerprint density at radius 1 is 1.47 bits per heavy atom. The van der Waals surface area contributed by atoms with Crippen LogP contribution < -0.4 is 5.73 Å². The van der Waals surface area contributed by atoms with Gasteiger partial charge in [0.2, 0.25) is 0 Å². The van der Waals surface area contributed by atoms with Crippen molar-refractivity contribution in [1.82, 2.24) is 4.90 Å². The number of ether oxygens (including phenoxy) is 1. The van der Waals surface area contributed by atoms with Gasteiger partial charge in [-0.15, -0.1) is 0 Å². The monoisotopic (exact) mass is 258 g/mol. The van der Waals surface area contributed by atoms with Crippen LogP contribution >= 0.6 is 11.8 Å². The second kappa shape index (κ2) is 5.59. The number of hydrogen-bond acceptors (Lipinski definition) is 4. The van der Waals surface area contributed by atoms with Crippen LogP contribution in [0.2, 0.25) is 0 Å². The summed E-state index contributed by atoms with van der Waals surface area (Å²) >= 11 is 1.94. The van der Waals surface area contributed by atoms with Gasteiger partial charge in [-0.2, -0.15) is 11.8 Å². The highest BCUT2D eigenvalue weighted by Gasteiger charge is 2.37. The number of thioether (sulfide) groups is 1. The minimum Gasteiger partial charge on any atom is -0.364 e. The second-order valence-corrected chi connectivity index (χ2v) is 6.39. The van der Waals surface area contributed by atoms with E-state index in [0.717, 1.165) is 25.1 Å². The number of nitrogens with zero attached hydrogens (tertiary/aromatic N) is 1. The van der Waals surface area contributed by atoms with E-state index in [1.807, 2.05) is 16.7 Å². The molecule has 0 saturated carbocycles. The van der Waals surface area contributed by atoms with Gasteiger partial charge in [-0.25, -0.2) is 0 Å². The lowest BCUT2D eigenvalue weighted by atomic mass is 10.1. The predicted octanol–water partition coefficient (Wildman–Crippen LogP) is 0.845. The van der Waals surface area contributed by atoms with Crippen molar-refractivity contribution in [3.8, 4) is 0 Å². The van der Waals surface area contributed by atoms with E-state index >= 15 is 0 Å². The first-order valence-corrected chi connectivity index (χ1v) is 7.46. The summed E-state index contributed by atoms with van der Waals surface area (Å²) < 4.78 is 5.69. The van der Waals surface area contributed by atoms with Crippen LogP contribution in [0.15, 0.2) is 0 Å². The van der Waals surface area contributed by atoms with Gasteiger partial charge in [-0.1, -0.05) is 6.92 Å². The SMILES string of the molecule is CC1SCCN(C(=O)C2CCC(CN)O2)C1C. The number of rotatable bonds is 2. The molecule has 2 saturated heterocycles. The standard InChI is InChI=1S/C12H22N2O2S/c1-8-9(2)17-6-5-14(8)12(15)11-4-3-10(7-13)16-11/h8-11H,3-7,13H2,1-2H3. The Balaban J connectivity index is 1.95. The first-order chi connectivity index (χ1) is 8.13. The van der Waals surface area contributed by atoms with Crippen LogP contribution in [0.1, 0.15) is 26.7 Å². The minimum atomic E-state index is -0.249. The third-order valence-electron chi connectivity index (χ3n) is 3.81. The summed E-state index contributed by atoms with van der Waals surface area (Å²) in [6, 6.07) is 0.307. The molecule has 98 valence electrons. The first kappa shape index (κ1) is 13.2. The maximum absolute atomic E-state index is 12.4. The fourth-order valence-corrected chi connectivity index (χ4v) is 3.59. The zero-order valence-corrected chi connectivity index (χ0v) is 11.4. The summed E-state index contributed by atoms with van der Waals surface area (Å²) in [5.41, 5.74) is 5.57. The van der Waals surface area contributed by atoms with E-state index in [2.05, 4.69) is 13.8 Å². The summed E-state index contributed by atoms with van der Waals surface area (Å²) in [4.78, 5) is 14.4. The molecule has 4 atom stereocenters. The molecule has 0 aliphatic carbocycles. The maximum atomic E-state index is 12.4. The predicted molar refractivity (Wildman–Crippen MR) is 70.0 cm³/mol. The Hall–Kier alpha value is -0.260. The smallest absolute Gasteiger partial charge is 0.252 e. The molecule has 0 spiro atoms. The molecule has 2 N–H and O–H groups in total. The van der Waals surface area contributed by atoms with E-state index < -0.39 is 0 Å². The molecule has 2 heterocycles. The second-order valence-electron chi connectivity index (χ2n) is 4.91. The van der Waals surface area contributed by atoms with Crippen LogP contribution in [0.3, 0.4) is 0 Å². The van der Waals surface area contributed by atoms with Gasteiger partial charge >= 0.3 is 0 Å². The van der Waals surface area contributed by atoms with Gasteiger partial charge in [0.05, 0.1) is 6.10 Å². The van der Waals surface area contributed by atoms with Crippen molar-refractivity contribution in [3.05, 3.63) is 0 Å². The molecule has 0 bridgehead atoms. The molecule has 1 amide bonds. The van der Waals surface area contributed by atoms with Crippen LogP contribution in [0.25, 0.3) is 0 Å². The normalized spacial score (nSPS) is 38.4. The fraction of sp³-hybridized carbons (Fsp3) is 0.917. The molecule has 5 heteroatoms. The number of carbonyl (C=O) groups excluding carboxylic acids is 1. The largest absolute Gasteiger partial charge is 0.364 e. The number of amides is 1. The summed E-state index contributed by atoms with van der Waals surface area (Å²) in [6.07, 6.45) is 1.57. The minimum absolute atomic E-state index is 0.0795. The first-order valence-electron chi connectivity index (χ1n) is 6.41. The maximum Gasteiger partial charge on any atom is 0.252 e. The van der Waals surface area contributed by atoms with Gasteiger partial charge < -0.3 is 15.4 Å². The van der Waals surface area contributed by atoms with Gasteiger partial charge in [0.15, 0.2) is 0 Å². The quantitative estimate of drug-likeness (QED) is 0.797. The number of nitrogens with two attached hydrogens (primary N) is 1. The number of hydrogen-bond donors (Lipinski definition) is 1. The summed E-state index contributed by atoms with van der Waals surface area (Å²) in [5, 5.41) is 0.513. The molecule has 2 rings (SSSR count). The summed E-state index contributed by atoms with van der Waals surface area (Å²) in [7, 11) is 0. The van der Waals surface area contributed by atoms with Crippen molar-refractivity contribution in [2.24, 2.45) is 5.73 Å². The van der Waals surface area contributed by atoms with Crippen LogP contribution in [0.5, 0.6) is 0 Å². The molecular weight excluding hydrogens is 236 g/mol. The Bertz CT molecular complexity index is 288. The van der Waals surface area contributed by atoms with Gasteiger partial charge in [0.1, 0.15) is 6.10 Å². The van der Waals surface area contributed by atoms with E-state index in [-0.39, 0.29) is 18.1 Å². The molecular formula is C12H22N2O2S. The van der Waals surface area contributed by atoms with Crippen molar-refractivity contribution < 1.29 is 9.53 Å². The molecule has 2 aliphatic rings. The number of carbonyl (C=O) groups is 1. The lowest BCUT2D eigenvalue weighted by Crippen LogP contribution is -2.51. The highest BCUT2D eigenvalue weighted by molar-refractivity contribution is 8.00. The zero-order chi connectivity index (χ0) is 12.4. The molecule has 0 radical (unpaired) electrons. The molecule has 4 unspecified atom stereocenters. The molecule has 0 aromatic carbocycles. The van der Waals surface area contributed by atoms with Crippen LogP contribution in [-0.4, -0.2) is 53.1 Å². The lowest BCUT2D eigenvalue weighted by Gasteiger charge is -2.38. The van der Waals surface area contributed by atoms with Gasteiger partial charge in [0, 0.05) is 30.1 Å². The fourth-order valence-electron chi connectivity index (χ4n) is 2.49. The highest BCUT2D eigenvalue weighted by Crippen LogP contribution is 2.27. The van der Waals surface area contributed by atoms with E-state index in [9.17, 15) is 4.79 Å². The molecule has 2 fully saturated rings. The Morgan fingerprint density at radius 2 is 2.24 bits per heavy atom. The Kier molecular flexibility index (Phi) is 4.33. The third kappa shape index (κ3) is 2.77. The molecule has 0 aromatic rings. The van der Waals surface area contributed by atoms with Gasteiger partial charge in [-0.05, 0) is 19.8 Å². The highest BCUT2D eigenvalue weighted by atomic mass is 32.2. The Labute approximate surface area is 107 Å². The topological polar surface area (TPSA) is 55.6 Å². The van der Waals surface area contributed by atoms with E-state index in [1.54, 1.807) is 0 Å². The van der Waals surface area contributed by atoms with Gasteiger partial charge in [-0.3, -0.25) is 4.79 Å². The Morgan fingerprint density at radius 3 is 2.88 bits per heavy atom. The third-order valence-corrected chi connectivity index (χ3v) is 5.15. The van der Waals surface area contributed by atoms with Crippen molar-refractivity contribution in [2.45, 2.75) is 50.2 Å². The molecule has 0 aromatic heterocycles. The van der Waals surface area contributed by atoms with E-state index in [1.165, 1.54) is 0 Å².